The molecule has 6 nitrogen and oxygen atoms in total. The van der Waals surface area contributed by atoms with E-state index in [1.54, 1.807) is 12.1 Å². The fourth-order valence-electron chi connectivity index (χ4n) is 2.83. The predicted octanol–water partition coefficient (Wildman–Crippen LogP) is 4.04. The molecule has 0 saturated heterocycles. The van der Waals surface area contributed by atoms with Crippen LogP contribution in [0, 0.1) is 5.82 Å². The predicted molar refractivity (Wildman–Crippen MR) is 98.5 cm³/mol. The number of halogens is 3. The third kappa shape index (κ3) is 3.98. The maximum Gasteiger partial charge on any atom is 0.325 e. The van der Waals surface area contributed by atoms with Crippen molar-refractivity contribution in [1.82, 2.24) is 9.55 Å². The summed E-state index contributed by atoms with van der Waals surface area (Å²) in [5.74, 6) is -1.96. The van der Waals surface area contributed by atoms with E-state index in [0.717, 1.165) is 31.2 Å². The first-order valence-electron chi connectivity index (χ1n) is 8.58. The zero-order valence-corrected chi connectivity index (χ0v) is 16.2. The second kappa shape index (κ2) is 7.86. The van der Waals surface area contributed by atoms with Gasteiger partial charge >= 0.3 is 12.5 Å². The number of rotatable bonds is 6. The van der Waals surface area contributed by atoms with Crippen molar-refractivity contribution in [1.29, 1.82) is 0 Å². The van der Waals surface area contributed by atoms with E-state index in [0.29, 0.717) is 4.57 Å². The highest BCUT2D eigenvalue weighted by Crippen LogP contribution is 2.29. The van der Waals surface area contributed by atoms with Gasteiger partial charge in [-0.3, -0.25) is 9.36 Å². The summed E-state index contributed by atoms with van der Waals surface area (Å²) in [6.07, 6.45) is -1.23. The van der Waals surface area contributed by atoms with E-state index in [4.69, 9.17) is 4.74 Å². The maximum absolute atomic E-state index is 13.5. The maximum atomic E-state index is 13.5. The minimum atomic E-state index is -4.15. The Balaban J connectivity index is 1.86. The highest BCUT2D eigenvalue weighted by molar-refractivity contribution is 7.92. The molecule has 0 N–H and O–H groups in total. The van der Waals surface area contributed by atoms with Crippen molar-refractivity contribution in [3.63, 3.8) is 0 Å². The zero-order valence-electron chi connectivity index (χ0n) is 15.4. The van der Waals surface area contributed by atoms with E-state index < -0.39 is 39.5 Å². The summed E-state index contributed by atoms with van der Waals surface area (Å²) in [6, 6.07) is 10.2. The minimum absolute atomic E-state index is 0.160. The molecular weight excluding hydrogens is 409 g/mol. The van der Waals surface area contributed by atoms with Crippen molar-refractivity contribution in [2.24, 2.45) is 0 Å². The molecule has 29 heavy (non-hydrogen) atoms. The molecule has 0 aliphatic rings. The first-order valence-corrected chi connectivity index (χ1v) is 10.1. The number of hydrogen-bond donors (Lipinski definition) is 0. The summed E-state index contributed by atoms with van der Waals surface area (Å²) < 4.78 is 71.0. The number of esters is 1. The number of hydrogen-bond acceptors (Lipinski definition) is 5. The van der Waals surface area contributed by atoms with E-state index in [-0.39, 0.29) is 21.8 Å². The zero-order chi connectivity index (χ0) is 21.3. The summed E-state index contributed by atoms with van der Waals surface area (Å²) in [7, 11) is -4.15. The van der Waals surface area contributed by atoms with Crippen LogP contribution in [0.25, 0.3) is 11.0 Å². The largest absolute Gasteiger partial charge is 0.454 e. The van der Waals surface area contributed by atoms with Crippen LogP contribution in [0.4, 0.5) is 13.2 Å². The van der Waals surface area contributed by atoms with Gasteiger partial charge < -0.3 is 4.74 Å². The van der Waals surface area contributed by atoms with Gasteiger partial charge in [0.25, 0.3) is 0 Å². The van der Waals surface area contributed by atoms with Crippen LogP contribution in [-0.4, -0.2) is 29.2 Å². The first-order chi connectivity index (χ1) is 13.6. The Bertz CT molecular complexity index is 1140. The quantitative estimate of drug-likeness (QED) is 0.439. The molecule has 2 unspecified atom stereocenters. The molecule has 0 radical (unpaired) electrons. The Morgan fingerprint density at radius 3 is 2.31 bits per heavy atom. The number of fused-ring (bicyclic) bond motifs is 1. The van der Waals surface area contributed by atoms with Crippen LogP contribution in [0.3, 0.4) is 0 Å². The Morgan fingerprint density at radius 1 is 1.07 bits per heavy atom. The fraction of sp³-hybridized carbons (Fsp3) is 0.263. The number of nitrogens with zero attached hydrogens (tertiary/aromatic N) is 2. The van der Waals surface area contributed by atoms with Gasteiger partial charge in [0, 0.05) is 0 Å². The molecule has 0 aliphatic carbocycles. The summed E-state index contributed by atoms with van der Waals surface area (Å²) in [5.41, 5.74) is 0.449. The molecule has 3 aromatic rings. The lowest BCUT2D eigenvalue weighted by molar-refractivity contribution is -0.148. The summed E-state index contributed by atoms with van der Waals surface area (Å²) in [5, 5.41) is -1.63. The van der Waals surface area contributed by atoms with E-state index in [9.17, 15) is 26.4 Å². The van der Waals surface area contributed by atoms with Crippen LogP contribution < -0.4 is 0 Å². The van der Waals surface area contributed by atoms with Gasteiger partial charge in [-0.05, 0) is 50.2 Å². The lowest BCUT2D eigenvalue weighted by Crippen LogP contribution is -2.30. The molecule has 1 aromatic heterocycles. The minimum Gasteiger partial charge on any atom is -0.454 e. The van der Waals surface area contributed by atoms with Crippen molar-refractivity contribution < 1.29 is 31.1 Å². The molecule has 154 valence electrons. The molecule has 0 fully saturated rings. The van der Waals surface area contributed by atoms with Gasteiger partial charge in [-0.2, -0.15) is 8.78 Å². The van der Waals surface area contributed by atoms with Crippen LogP contribution in [0.5, 0.6) is 0 Å². The molecule has 0 spiro atoms. The molecular formula is C19H17F3N2O4S. The number of carbonyl (C=O) groups excluding carboxylic acids is 1. The molecule has 0 amide bonds. The van der Waals surface area contributed by atoms with Gasteiger partial charge in [0.05, 0.1) is 15.9 Å². The van der Waals surface area contributed by atoms with Crippen LogP contribution in [0.2, 0.25) is 0 Å². The number of alkyl halides is 2. The smallest absolute Gasteiger partial charge is 0.325 e. The van der Waals surface area contributed by atoms with Crippen LogP contribution >= 0.6 is 0 Å². The van der Waals surface area contributed by atoms with Gasteiger partial charge in [-0.1, -0.05) is 12.1 Å². The Labute approximate surface area is 164 Å². The summed E-state index contributed by atoms with van der Waals surface area (Å²) in [4.78, 5) is 16.2. The van der Waals surface area contributed by atoms with Crippen molar-refractivity contribution >= 4 is 26.8 Å². The highest BCUT2D eigenvalue weighted by Gasteiger charge is 2.33. The molecule has 0 saturated carbocycles. The monoisotopic (exact) mass is 426 g/mol. The molecule has 10 heteroatoms. The third-order valence-corrected chi connectivity index (χ3v) is 6.47. The van der Waals surface area contributed by atoms with Gasteiger partial charge in [0.2, 0.25) is 0 Å². The molecule has 2 aromatic carbocycles. The Kier molecular flexibility index (Phi) is 5.65. The average molecular weight is 426 g/mol. The number of carbonyl (C=O) groups is 1. The van der Waals surface area contributed by atoms with Gasteiger partial charge in [0.1, 0.15) is 5.82 Å². The van der Waals surface area contributed by atoms with Gasteiger partial charge in [0.15, 0.2) is 27.0 Å². The number of benzene rings is 2. The van der Waals surface area contributed by atoms with Crippen LogP contribution in [0.15, 0.2) is 53.4 Å². The van der Waals surface area contributed by atoms with E-state index in [1.165, 1.54) is 19.1 Å². The normalized spacial score (nSPS) is 14.1. The second-order valence-corrected chi connectivity index (χ2v) is 8.60. The topological polar surface area (TPSA) is 78.3 Å². The number of imidazole rings is 1. The lowest BCUT2D eigenvalue weighted by Gasteiger charge is -2.18. The Morgan fingerprint density at radius 2 is 1.69 bits per heavy atom. The standard InChI is InChI=1S/C19H17F3N2O4S/c1-11(17-23-15-5-3-4-6-16(15)24(17)19(21)22)28-18(25)12(2)29(26,27)14-9-7-13(20)8-10-14/h3-12,19H,1-2H3. The van der Waals surface area contributed by atoms with Crippen molar-refractivity contribution in [2.75, 3.05) is 0 Å². The van der Waals surface area contributed by atoms with E-state index in [1.807, 2.05) is 0 Å². The molecule has 3 rings (SSSR count). The van der Waals surface area contributed by atoms with Gasteiger partial charge in [-0.15, -0.1) is 0 Å². The van der Waals surface area contributed by atoms with E-state index in [2.05, 4.69) is 4.98 Å². The highest BCUT2D eigenvalue weighted by atomic mass is 32.2. The molecule has 0 aliphatic heterocycles. The third-order valence-electron chi connectivity index (χ3n) is 4.41. The number of para-hydroxylation sites is 2. The van der Waals surface area contributed by atoms with Crippen LogP contribution in [-0.2, 0) is 19.4 Å². The van der Waals surface area contributed by atoms with Crippen molar-refractivity contribution in [3.05, 3.63) is 60.2 Å². The molecule has 0 bridgehead atoms. The van der Waals surface area contributed by atoms with Gasteiger partial charge in [-0.25, -0.2) is 17.8 Å². The first kappa shape index (κ1) is 20.8. The fourth-order valence-corrected chi connectivity index (χ4v) is 4.07. The van der Waals surface area contributed by atoms with E-state index >= 15 is 0 Å². The second-order valence-electron chi connectivity index (χ2n) is 6.33. The van der Waals surface area contributed by atoms with Crippen molar-refractivity contribution in [3.8, 4) is 0 Å². The van der Waals surface area contributed by atoms with Crippen LogP contribution in [0.1, 0.15) is 32.3 Å². The number of ether oxygens (including phenoxy) is 1. The lowest BCUT2D eigenvalue weighted by atomic mass is 10.3. The molecule has 2 atom stereocenters. The summed E-state index contributed by atoms with van der Waals surface area (Å²) >= 11 is 0. The van der Waals surface area contributed by atoms with Crippen molar-refractivity contribution in [2.45, 2.75) is 36.6 Å². The Hall–Kier alpha value is -2.88. The number of aromatic nitrogens is 2. The average Bonchev–Trinajstić information content (AvgIpc) is 3.07. The number of sulfone groups is 1. The SMILES string of the molecule is CC(OC(=O)C(C)S(=O)(=O)c1ccc(F)cc1)c1nc2ccccc2n1C(F)F. The molecule has 1 heterocycles. The summed E-state index contributed by atoms with van der Waals surface area (Å²) in [6.45, 7) is -0.488.